The van der Waals surface area contributed by atoms with Gasteiger partial charge in [0.15, 0.2) is 11.0 Å². The molecule has 4 rings (SSSR count). The molecule has 0 aliphatic carbocycles. The highest BCUT2D eigenvalue weighted by Crippen LogP contribution is 2.34. The Kier molecular flexibility index (Phi) is 6.85. The van der Waals surface area contributed by atoms with Gasteiger partial charge in [-0.25, -0.2) is 4.98 Å². The summed E-state index contributed by atoms with van der Waals surface area (Å²) in [4.78, 5) is 4.57. The number of allylic oxidation sites excluding steroid dienone is 1. The molecule has 0 amide bonds. The van der Waals surface area contributed by atoms with Crippen molar-refractivity contribution in [3.05, 3.63) is 77.8 Å². The molecular weight excluding hydrogens is 469 g/mol. The zero-order valence-electron chi connectivity index (χ0n) is 17.5. The minimum absolute atomic E-state index is 0.524. The van der Waals surface area contributed by atoms with Crippen LogP contribution in [0, 0.1) is 0 Å². The zero-order valence-corrected chi connectivity index (χ0v) is 19.2. The van der Waals surface area contributed by atoms with Crippen LogP contribution < -0.4 is 4.74 Å². The van der Waals surface area contributed by atoms with Gasteiger partial charge in [-0.2, -0.15) is 13.2 Å². The van der Waals surface area contributed by atoms with Crippen LogP contribution in [0.25, 0.3) is 22.0 Å². The second kappa shape index (κ2) is 9.80. The molecule has 5 nitrogen and oxygen atoms in total. The van der Waals surface area contributed by atoms with Crippen LogP contribution in [0.1, 0.15) is 11.3 Å². The fourth-order valence-corrected chi connectivity index (χ4v) is 4.94. The summed E-state index contributed by atoms with van der Waals surface area (Å²) >= 11 is 2.87. The number of thiazole rings is 1. The van der Waals surface area contributed by atoms with Crippen molar-refractivity contribution in [1.82, 2.24) is 19.7 Å². The molecule has 0 atom stereocenters. The summed E-state index contributed by atoms with van der Waals surface area (Å²) in [6.07, 6.45) is -2.58. The number of rotatable bonds is 8. The third-order valence-corrected chi connectivity index (χ3v) is 6.68. The Morgan fingerprint density at radius 3 is 2.58 bits per heavy atom. The molecule has 2 aromatic heterocycles. The number of para-hydroxylation sites is 1. The Balaban J connectivity index is 1.52. The highest BCUT2D eigenvalue weighted by Gasteiger charge is 2.30. The first-order valence-electron chi connectivity index (χ1n) is 9.83. The lowest BCUT2D eigenvalue weighted by molar-refractivity contribution is -0.137. The number of nitrogens with zero attached hydrogens (tertiary/aromatic N) is 4. The summed E-state index contributed by atoms with van der Waals surface area (Å²) in [6.45, 7) is 4.36. The monoisotopic (exact) mass is 488 g/mol. The summed E-state index contributed by atoms with van der Waals surface area (Å²) < 4.78 is 45.8. The van der Waals surface area contributed by atoms with E-state index in [1.807, 2.05) is 34.2 Å². The van der Waals surface area contributed by atoms with Gasteiger partial charge < -0.3 is 4.74 Å². The maximum atomic E-state index is 12.8. The van der Waals surface area contributed by atoms with Gasteiger partial charge in [0.05, 0.1) is 23.9 Å². The average Bonchev–Trinajstić information content (AvgIpc) is 3.45. The van der Waals surface area contributed by atoms with Crippen molar-refractivity contribution in [2.45, 2.75) is 23.6 Å². The second-order valence-electron chi connectivity index (χ2n) is 6.91. The number of alkyl halides is 3. The molecule has 10 heteroatoms. The first kappa shape index (κ1) is 23.1. The highest BCUT2D eigenvalue weighted by atomic mass is 32.2. The van der Waals surface area contributed by atoms with E-state index in [0.717, 1.165) is 23.4 Å². The van der Waals surface area contributed by atoms with Crippen molar-refractivity contribution in [2.24, 2.45) is 0 Å². The number of ether oxygens (including phenoxy) is 1. The zero-order chi connectivity index (χ0) is 23.4. The predicted octanol–water partition coefficient (Wildman–Crippen LogP) is 6.57. The molecular formula is C23H19F3N4OS2. The van der Waals surface area contributed by atoms with Crippen molar-refractivity contribution >= 4 is 23.1 Å². The standard InChI is InChI=1S/C23H19F3N4OS2/c1-3-12-30-20(18-6-4-5-7-19(18)31-2)28-29-22(30)33-14-17-13-32-21(27-17)15-8-10-16(11-9-15)23(24,25)26/h3-11,13H,1,12,14H2,2H3. The van der Waals surface area contributed by atoms with Crippen molar-refractivity contribution in [3.8, 4) is 27.7 Å². The van der Waals surface area contributed by atoms with Crippen molar-refractivity contribution in [1.29, 1.82) is 0 Å². The fourth-order valence-electron chi connectivity index (χ4n) is 3.16. The molecule has 2 aromatic carbocycles. The maximum absolute atomic E-state index is 12.8. The van der Waals surface area contributed by atoms with Gasteiger partial charge in [-0.3, -0.25) is 4.57 Å². The van der Waals surface area contributed by atoms with Crippen LogP contribution in [0.15, 0.2) is 71.7 Å². The molecule has 0 fully saturated rings. The molecule has 170 valence electrons. The molecule has 0 saturated heterocycles. The summed E-state index contributed by atoms with van der Waals surface area (Å²) in [7, 11) is 1.61. The first-order chi connectivity index (χ1) is 15.9. The third-order valence-electron chi connectivity index (χ3n) is 4.74. The van der Waals surface area contributed by atoms with E-state index in [1.54, 1.807) is 13.2 Å². The van der Waals surface area contributed by atoms with E-state index in [1.165, 1.54) is 35.2 Å². The SMILES string of the molecule is C=CCn1c(SCc2csc(-c3ccc(C(F)(F)F)cc3)n2)nnc1-c1ccccc1OC. The number of thioether (sulfide) groups is 1. The number of aromatic nitrogens is 4. The summed E-state index contributed by atoms with van der Waals surface area (Å²) in [5.74, 6) is 1.92. The quantitative estimate of drug-likeness (QED) is 0.207. The molecule has 0 unspecified atom stereocenters. The maximum Gasteiger partial charge on any atom is 0.416 e. The molecule has 0 radical (unpaired) electrons. The number of benzene rings is 2. The van der Waals surface area contributed by atoms with Gasteiger partial charge in [0.2, 0.25) is 0 Å². The molecule has 0 spiro atoms. The van der Waals surface area contributed by atoms with Crippen LogP contribution in [-0.2, 0) is 18.5 Å². The normalized spacial score (nSPS) is 11.5. The third kappa shape index (κ3) is 5.12. The molecule has 0 N–H and O–H groups in total. The van der Waals surface area contributed by atoms with E-state index in [4.69, 9.17) is 4.74 Å². The van der Waals surface area contributed by atoms with Gasteiger partial charge in [-0.1, -0.05) is 42.1 Å². The summed E-state index contributed by atoms with van der Waals surface area (Å²) in [5.41, 5.74) is 1.62. The minimum Gasteiger partial charge on any atom is -0.496 e. The van der Waals surface area contributed by atoms with Crippen LogP contribution >= 0.6 is 23.1 Å². The van der Waals surface area contributed by atoms with E-state index in [2.05, 4.69) is 21.8 Å². The lowest BCUT2D eigenvalue weighted by Gasteiger charge is -2.10. The van der Waals surface area contributed by atoms with Crippen LogP contribution in [0.5, 0.6) is 5.75 Å². The molecule has 0 bridgehead atoms. The van der Waals surface area contributed by atoms with Crippen LogP contribution in [0.2, 0.25) is 0 Å². The Hall–Kier alpha value is -3.11. The molecule has 33 heavy (non-hydrogen) atoms. The van der Waals surface area contributed by atoms with Gasteiger partial charge >= 0.3 is 6.18 Å². The Labute approximate surface area is 197 Å². The van der Waals surface area contributed by atoms with Crippen LogP contribution in [-0.4, -0.2) is 26.9 Å². The number of hydrogen-bond donors (Lipinski definition) is 0. The predicted molar refractivity (Wildman–Crippen MR) is 124 cm³/mol. The number of hydrogen-bond acceptors (Lipinski definition) is 6. The highest BCUT2D eigenvalue weighted by molar-refractivity contribution is 7.98. The molecule has 0 aliphatic heterocycles. The first-order valence-corrected chi connectivity index (χ1v) is 11.7. The fraction of sp³-hybridized carbons (Fsp3) is 0.174. The van der Waals surface area contributed by atoms with Gasteiger partial charge in [0.1, 0.15) is 10.8 Å². The van der Waals surface area contributed by atoms with E-state index in [0.29, 0.717) is 39.6 Å². The summed E-state index contributed by atoms with van der Waals surface area (Å²) in [5, 5.41) is 12.0. The lowest BCUT2D eigenvalue weighted by atomic mass is 10.1. The Morgan fingerprint density at radius 1 is 1.12 bits per heavy atom. The topological polar surface area (TPSA) is 52.8 Å². The Bertz CT molecular complexity index is 1250. The molecule has 0 saturated carbocycles. The lowest BCUT2D eigenvalue weighted by Crippen LogP contribution is -2.03. The summed E-state index contributed by atoms with van der Waals surface area (Å²) in [6, 6.07) is 12.6. The van der Waals surface area contributed by atoms with Gasteiger partial charge in [0.25, 0.3) is 0 Å². The van der Waals surface area contributed by atoms with E-state index < -0.39 is 11.7 Å². The van der Waals surface area contributed by atoms with Crippen LogP contribution in [0.4, 0.5) is 13.2 Å². The van der Waals surface area contributed by atoms with Gasteiger partial charge in [-0.15, -0.1) is 28.1 Å². The molecule has 0 aliphatic rings. The van der Waals surface area contributed by atoms with E-state index >= 15 is 0 Å². The smallest absolute Gasteiger partial charge is 0.416 e. The average molecular weight is 489 g/mol. The van der Waals surface area contributed by atoms with E-state index in [-0.39, 0.29) is 0 Å². The van der Waals surface area contributed by atoms with E-state index in [9.17, 15) is 13.2 Å². The molecule has 4 aromatic rings. The van der Waals surface area contributed by atoms with Crippen molar-refractivity contribution in [2.75, 3.05) is 7.11 Å². The Morgan fingerprint density at radius 2 is 1.88 bits per heavy atom. The van der Waals surface area contributed by atoms with Gasteiger partial charge in [0, 0.05) is 23.2 Å². The van der Waals surface area contributed by atoms with Crippen molar-refractivity contribution < 1.29 is 17.9 Å². The van der Waals surface area contributed by atoms with Gasteiger partial charge in [-0.05, 0) is 24.3 Å². The minimum atomic E-state index is -4.35. The largest absolute Gasteiger partial charge is 0.496 e. The molecule has 2 heterocycles. The number of methoxy groups -OCH3 is 1. The van der Waals surface area contributed by atoms with Crippen molar-refractivity contribution in [3.63, 3.8) is 0 Å². The second-order valence-corrected chi connectivity index (χ2v) is 8.71. The van der Waals surface area contributed by atoms with Crippen LogP contribution in [0.3, 0.4) is 0 Å². The number of halogens is 3.